The van der Waals surface area contributed by atoms with Crippen LogP contribution < -0.4 is 14.9 Å². The predicted molar refractivity (Wildman–Crippen MR) is 101 cm³/mol. The highest BCUT2D eigenvalue weighted by Crippen LogP contribution is 2.28. The number of nitrogens with zero attached hydrogens (tertiary/aromatic N) is 1. The lowest BCUT2D eigenvalue weighted by molar-refractivity contribution is -0.123. The van der Waals surface area contributed by atoms with Gasteiger partial charge in [0.25, 0.3) is 5.91 Å². The first-order chi connectivity index (χ1) is 11.6. The van der Waals surface area contributed by atoms with E-state index in [2.05, 4.69) is 42.4 Å². The average molecular weight is 456 g/mol. The summed E-state index contributed by atoms with van der Waals surface area (Å²) in [6.45, 7) is 2.43. The molecular formula is C17H16Br2N2O3. The summed E-state index contributed by atoms with van der Waals surface area (Å²) in [7, 11) is 0. The third-order valence-corrected chi connectivity index (χ3v) is 3.96. The van der Waals surface area contributed by atoms with Crippen molar-refractivity contribution in [3.8, 4) is 11.5 Å². The number of nitrogens with one attached hydrogen (secondary N) is 1. The van der Waals surface area contributed by atoms with Crippen LogP contribution in [0, 0.1) is 0 Å². The van der Waals surface area contributed by atoms with Crippen LogP contribution in [0.4, 0.5) is 0 Å². The standard InChI is InChI=1S/C17H16Br2N2O3/c1-2-23-14-6-3-12(4-7-14)10-20-21-17(22)11-24-16-8-5-13(18)9-15(16)19/h3-10H,2,11H2,1H3,(H,21,22). The number of halogens is 2. The first kappa shape index (κ1) is 18.5. The maximum Gasteiger partial charge on any atom is 0.277 e. The lowest BCUT2D eigenvalue weighted by atomic mass is 10.2. The lowest BCUT2D eigenvalue weighted by Gasteiger charge is -2.07. The topological polar surface area (TPSA) is 59.9 Å². The highest BCUT2D eigenvalue weighted by atomic mass is 79.9. The van der Waals surface area contributed by atoms with Gasteiger partial charge in [0.1, 0.15) is 11.5 Å². The van der Waals surface area contributed by atoms with Gasteiger partial charge in [-0.2, -0.15) is 5.10 Å². The van der Waals surface area contributed by atoms with Gasteiger partial charge in [-0.15, -0.1) is 0 Å². The molecule has 0 aromatic heterocycles. The minimum absolute atomic E-state index is 0.124. The van der Waals surface area contributed by atoms with Gasteiger partial charge in [0.05, 0.1) is 17.3 Å². The molecule has 0 bridgehead atoms. The molecule has 1 amide bonds. The van der Waals surface area contributed by atoms with E-state index in [1.165, 1.54) is 0 Å². The Morgan fingerprint density at radius 1 is 1.17 bits per heavy atom. The van der Waals surface area contributed by atoms with Crippen molar-refractivity contribution < 1.29 is 14.3 Å². The summed E-state index contributed by atoms with van der Waals surface area (Å²) in [6, 6.07) is 12.9. The zero-order valence-electron chi connectivity index (χ0n) is 13.0. The van der Waals surface area contributed by atoms with E-state index in [1.807, 2.05) is 43.3 Å². The Morgan fingerprint density at radius 3 is 2.58 bits per heavy atom. The number of hydrogen-bond acceptors (Lipinski definition) is 4. The molecule has 2 aromatic carbocycles. The summed E-state index contributed by atoms with van der Waals surface area (Å²) in [6.07, 6.45) is 1.56. The molecule has 5 nitrogen and oxygen atoms in total. The molecule has 2 aromatic rings. The van der Waals surface area contributed by atoms with Crippen molar-refractivity contribution in [1.82, 2.24) is 5.43 Å². The second kappa shape index (κ2) is 9.44. The fourth-order valence-electron chi connectivity index (χ4n) is 1.76. The number of rotatable bonds is 7. The van der Waals surface area contributed by atoms with E-state index in [0.29, 0.717) is 12.4 Å². The molecule has 126 valence electrons. The Morgan fingerprint density at radius 2 is 1.92 bits per heavy atom. The van der Waals surface area contributed by atoms with Gasteiger partial charge in [-0.3, -0.25) is 4.79 Å². The maximum atomic E-state index is 11.7. The molecule has 0 heterocycles. The van der Waals surface area contributed by atoms with Crippen LogP contribution in [-0.2, 0) is 4.79 Å². The van der Waals surface area contributed by atoms with Gasteiger partial charge < -0.3 is 9.47 Å². The van der Waals surface area contributed by atoms with Crippen molar-refractivity contribution >= 4 is 44.0 Å². The highest BCUT2D eigenvalue weighted by Gasteiger charge is 2.05. The van der Waals surface area contributed by atoms with Crippen LogP contribution in [0.3, 0.4) is 0 Å². The monoisotopic (exact) mass is 454 g/mol. The Kier molecular flexibility index (Phi) is 7.27. The predicted octanol–water partition coefficient (Wildman–Crippen LogP) is 4.14. The summed E-state index contributed by atoms with van der Waals surface area (Å²) in [5, 5.41) is 3.90. The molecule has 0 aliphatic rings. The van der Waals surface area contributed by atoms with E-state index in [-0.39, 0.29) is 12.5 Å². The van der Waals surface area contributed by atoms with Crippen molar-refractivity contribution in [3.63, 3.8) is 0 Å². The molecule has 0 radical (unpaired) electrons. The zero-order valence-corrected chi connectivity index (χ0v) is 16.1. The van der Waals surface area contributed by atoms with Crippen LogP contribution in [0.25, 0.3) is 0 Å². The van der Waals surface area contributed by atoms with Crippen molar-refractivity contribution in [2.24, 2.45) is 5.10 Å². The Labute approximate surface area is 157 Å². The fraction of sp³-hybridized carbons (Fsp3) is 0.176. The molecule has 0 saturated heterocycles. The molecule has 24 heavy (non-hydrogen) atoms. The Hall–Kier alpha value is -1.86. The van der Waals surface area contributed by atoms with Gasteiger partial charge in [-0.05, 0) is 70.9 Å². The second-order valence-electron chi connectivity index (χ2n) is 4.66. The molecule has 1 N–H and O–H groups in total. The molecule has 0 aliphatic carbocycles. The third-order valence-electron chi connectivity index (χ3n) is 2.85. The zero-order chi connectivity index (χ0) is 17.4. The van der Waals surface area contributed by atoms with Crippen LogP contribution in [-0.4, -0.2) is 25.3 Å². The number of carbonyl (C=O) groups is 1. The van der Waals surface area contributed by atoms with Gasteiger partial charge >= 0.3 is 0 Å². The number of ether oxygens (including phenoxy) is 2. The van der Waals surface area contributed by atoms with Crippen LogP contribution in [0.15, 0.2) is 56.5 Å². The van der Waals surface area contributed by atoms with Crippen molar-refractivity contribution in [2.75, 3.05) is 13.2 Å². The normalized spacial score (nSPS) is 10.6. The molecule has 7 heteroatoms. The average Bonchev–Trinajstić information content (AvgIpc) is 2.56. The summed E-state index contributed by atoms with van der Waals surface area (Å²) in [5.74, 6) is 1.04. The van der Waals surface area contributed by atoms with Crippen molar-refractivity contribution in [1.29, 1.82) is 0 Å². The summed E-state index contributed by atoms with van der Waals surface area (Å²) >= 11 is 6.72. The summed E-state index contributed by atoms with van der Waals surface area (Å²) < 4.78 is 12.5. The maximum absolute atomic E-state index is 11.7. The summed E-state index contributed by atoms with van der Waals surface area (Å²) in [4.78, 5) is 11.7. The van der Waals surface area contributed by atoms with E-state index in [4.69, 9.17) is 9.47 Å². The minimum Gasteiger partial charge on any atom is -0.494 e. The van der Waals surface area contributed by atoms with Crippen LogP contribution in [0.5, 0.6) is 11.5 Å². The molecule has 0 saturated carbocycles. The van der Waals surface area contributed by atoms with E-state index >= 15 is 0 Å². The van der Waals surface area contributed by atoms with Gasteiger partial charge in [-0.25, -0.2) is 5.43 Å². The van der Waals surface area contributed by atoms with Crippen LogP contribution >= 0.6 is 31.9 Å². The number of carbonyl (C=O) groups excluding carboxylic acids is 1. The Balaban J connectivity index is 1.80. The van der Waals surface area contributed by atoms with E-state index in [0.717, 1.165) is 20.3 Å². The van der Waals surface area contributed by atoms with Gasteiger partial charge in [0.2, 0.25) is 0 Å². The Bertz CT molecular complexity index is 718. The first-order valence-corrected chi connectivity index (χ1v) is 8.79. The molecule has 0 spiro atoms. The third kappa shape index (κ3) is 5.98. The number of amides is 1. The molecule has 0 atom stereocenters. The minimum atomic E-state index is -0.341. The number of benzene rings is 2. The van der Waals surface area contributed by atoms with Gasteiger partial charge in [0.15, 0.2) is 6.61 Å². The molecular weight excluding hydrogens is 440 g/mol. The van der Waals surface area contributed by atoms with Crippen LogP contribution in [0.1, 0.15) is 12.5 Å². The van der Waals surface area contributed by atoms with Crippen molar-refractivity contribution in [3.05, 3.63) is 57.0 Å². The first-order valence-electron chi connectivity index (χ1n) is 7.21. The molecule has 0 fully saturated rings. The smallest absolute Gasteiger partial charge is 0.277 e. The molecule has 0 aliphatic heterocycles. The van der Waals surface area contributed by atoms with Gasteiger partial charge in [-0.1, -0.05) is 15.9 Å². The molecule has 2 rings (SSSR count). The fourth-order valence-corrected chi connectivity index (χ4v) is 2.92. The highest BCUT2D eigenvalue weighted by molar-refractivity contribution is 9.11. The SMILES string of the molecule is CCOc1ccc(C=NNC(=O)COc2ccc(Br)cc2Br)cc1. The lowest BCUT2D eigenvalue weighted by Crippen LogP contribution is -2.24. The van der Waals surface area contributed by atoms with E-state index < -0.39 is 0 Å². The largest absolute Gasteiger partial charge is 0.494 e. The summed E-state index contributed by atoms with van der Waals surface area (Å²) in [5.41, 5.74) is 3.28. The van der Waals surface area contributed by atoms with Gasteiger partial charge in [0, 0.05) is 4.47 Å². The quantitative estimate of drug-likeness (QED) is 0.504. The molecule has 0 unspecified atom stereocenters. The van der Waals surface area contributed by atoms with Crippen molar-refractivity contribution in [2.45, 2.75) is 6.92 Å². The number of hydrogen-bond donors (Lipinski definition) is 1. The van der Waals surface area contributed by atoms with E-state index in [1.54, 1.807) is 12.3 Å². The number of hydrazone groups is 1. The van der Waals surface area contributed by atoms with E-state index in [9.17, 15) is 4.79 Å². The second-order valence-corrected chi connectivity index (χ2v) is 6.43. The van der Waals surface area contributed by atoms with Crippen LogP contribution in [0.2, 0.25) is 0 Å².